The molecule has 0 unspecified atom stereocenters. The number of alkyl halides is 3. The van der Waals surface area contributed by atoms with Gasteiger partial charge in [-0.1, -0.05) is 41.9 Å². The predicted octanol–water partition coefficient (Wildman–Crippen LogP) is 4.15. The Balaban J connectivity index is 2.18. The smallest absolute Gasteiger partial charge is 0.301 e. The molecule has 0 spiro atoms. The number of halogens is 4. The molecule has 21 heavy (non-hydrogen) atoms. The maximum Gasteiger partial charge on any atom is 0.449 e. The predicted molar refractivity (Wildman–Crippen MR) is 73.1 cm³/mol. The number of fused-ring (bicyclic) bond motifs is 1. The molecule has 7 heteroatoms. The monoisotopic (exact) mass is 311 g/mol. The van der Waals surface area contributed by atoms with E-state index >= 15 is 0 Å². The van der Waals surface area contributed by atoms with Crippen LogP contribution in [0.5, 0.6) is 0 Å². The second kappa shape index (κ2) is 5.04. The van der Waals surface area contributed by atoms with E-state index in [-0.39, 0.29) is 22.7 Å². The molecule has 2 heterocycles. The number of imidazole rings is 1. The minimum Gasteiger partial charge on any atom is -0.301 e. The van der Waals surface area contributed by atoms with E-state index in [1.165, 1.54) is 12.3 Å². The Labute approximate surface area is 123 Å². The van der Waals surface area contributed by atoms with Crippen LogP contribution in [0.4, 0.5) is 13.2 Å². The van der Waals surface area contributed by atoms with Crippen LogP contribution in [-0.2, 0) is 12.7 Å². The van der Waals surface area contributed by atoms with Crippen LogP contribution in [-0.4, -0.2) is 14.5 Å². The summed E-state index contributed by atoms with van der Waals surface area (Å²) < 4.78 is 40.5. The van der Waals surface area contributed by atoms with Crippen molar-refractivity contribution in [1.29, 1.82) is 0 Å². The Hall–Kier alpha value is -2.08. The summed E-state index contributed by atoms with van der Waals surface area (Å²) in [4.78, 5) is 7.61. The summed E-state index contributed by atoms with van der Waals surface area (Å²) in [7, 11) is 0. The summed E-state index contributed by atoms with van der Waals surface area (Å²) in [5.74, 6) is -0.976. The maximum atomic E-state index is 13.1. The molecular formula is C14H9ClF3N3. The SMILES string of the molecule is FC(F)(F)c1nc2cc(Cl)cnc2n1Cc1ccccc1. The third-order valence-electron chi connectivity index (χ3n) is 2.99. The zero-order valence-corrected chi connectivity index (χ0v) is 11.4. The topological polar surface area (TPSA) is 30.7 Å². The molecule has 0 radical (unpaired) electrons. The minimum atomic E-state index is -4.55. The van der Waals surface area contributed by atoms with Crippen molar-refractivity contribution in [3.05, 3.63) is 59.0 Å². The van der Waals surface area contributed by atoms with Crippen molar-refractivity contribution in [2.24, 2.45) is 0 Å². The average molecular weight is 312 g/mol. The molecule has 0 N–H and O–H groups in total. The minimum absolute atomic E-state index is 0.0425. The number of pyridine rings is 1. The summed E-state index contributed by atoms with van der Waals surface area (Å²) >= 11 is 5.76. The molecule has 0 saturated carbocycles. The van der Waals surface area contributed by atoms with Crippen LogP contribution >= 0.6 is 11.6 Å². The molecule has 0 fully saturated rings. The van der Waals surface area contributed by atoms with Gasteiger partial charge in [-0.2, -0.15) is 13.2 Å². The van der Waals surface area contributed by atoms with Gasteiger partial charge in [0.05, 0.1) is 11.6 Å². The van der Waals surface area contributed by atoms with Crippen LogP contribution < -0.4 is 0 Å². The highest BCUT2D eigenvalue weighted by molar-refractivity contribution is 6.31. The first-order chi connectivity index (χ1) is 9.95. The highest BCUT2D eigenvalue weighted by Gasteiger charge is 2.38. The van der Waals surface area contributed by atoms with E-state index in [1.807, 2.05) is 0 Å². The van der Waals surface area contributed by atoms with Crippen molar-refractivity contribution >= 4 is 22.8 Å². The van der Waals surface area contributed by atoms with E-state index in [9.17, 15) is 13.2 Å². The molecule has 0 aliphatic heterocycles. The van der Waals surface area contributed by atoms with Gasteiger partial charge in [0.15, 0.2) is 5.65 Å². The fraction of sp³-hybridized carbons (Fsp3) is 0.143. The number of nitrogens with zero attached hydrogens (tertiary/aromatic N) is 3. The van der Waals surface area contributed by atoms with Gasteiger partial charge >= 0.3 is 6.18 Å². The first-order valence-corrected chi connectivity index (χ1v) is 6.46. The van der Waals surface area contributed by atoms with Crippen molar-refractivity contribution < 1.29 is 13.2 Å². The van der Waals surface area contributed by atoms with Crippen LogP contribution in [0.1, 0.15) is 11.4 Å². The van der Waals surface area contributed by atoms with Gasteiger partial charge in [0.2, 0.25) is 5.82 Å². The molecule has 0 bridgehead atoms. The van der Waals surface area contributed by atoms with Gasteiger partial charge in [-0.3, -0.25) is 0 Å². The first kappa shape index (κ1) is 13.9. The molecule has 108 valence electrons. The molecule has 3 nitrogen and oxygen atoms in total. The van der Waals surface area contributed by atoms with Crippen molar-refractivity contribution in [2.75, 3.05) is 0 Å². The second-order valence-electron chi connectivity index (χ2n) is 4.50. The van der Waals surface area contributed by atoms with Crippen LogP contribution in [0.25, 0.3) is 11.2 Å². The number of hydrogen-bond donors (Lipinski definition) is 0. The molecule has 0 aliphatic rings. The van der Waals surface area contributed by atoms with Crippen molar-refractivity contribution in [3.8, 4) is 0 Å². The Morgan fingerprint density at radius 3 is 2.52 bits per heavy atom. The fourth-order valence-corrected chi connectivity index (χ4v) is 2.27. The zero-order valence-electron chi connectivity index (χ0n) is 10.6. The third kappa shape index (κ3) is 2.71. The van der Waals surface area contributed by atoms with Gasteiger partial charge in [0.1, 0.15) is 5.52 Å². The van der Waals surface area contributed by atoms with E-state index < -0.39 is 12.0 Å². The van der Waals surface area contributed by atoms with Crippen LogP contribution in [0.3, 0.4) is 0 Å². The van der Waals surface area contributed by atoms with Crippen LogP contribution in [0, 0.1) is 0 Å². The lowest BCUT2D eigenvalue weighted by Crippen LogP contribution is -2.15. The Kier molecular flexibility index (Phi) is 3.33. The lowest BCUT2D eigenvalue weighted by molar-refractivity contribution is -0.146. The molecule has 1 aromatic carbocycles. The summed E-state index contributed by atoms with van der Waals surface area (Å²) in [5, 5.41) is 0.251. The van der Waals surface area contributed by atoms with Crippen molar-refractivity contribution in [2.45, 2.75) is 12.7 Å². The third-order valence-corrected chi connectivity index (χ3v) is 3.20. The maximum absolute atomic E-state index is 13.1. The summed E-state index contributed by atoms with van der Waals surface area (Å²) in [5.41, 5.74) is 1.03. The summed E-state index contributed by atoms with van der Waals surface area (Å²) in [6, 6.07) is 10.2. The van der Waals surface area contributed by atoms with Crippen molar-refractivity contribution in [1.82, 2.24) is 14.5 Å². The van der Waals surface area contributed by atoms with Crippen molar-refractivity contribution in [3.63, 3.8) is 0 Å². The molecule has 0 amide bonds. The molecular weight excluding hydrogens is 303 g/mol. The van der Waals surface area contributed by atoms with Gasteiger partial charge in [-0.25, -0.2) is 9.97 Å². The lowest BCUT2D eigenvalue weighted by Gasteiger charge is -2.10. The molecule has 2 aromatic heterocycles. The van der Waals surface area contributed by atoms with Gasteiger partial charge in [-0.05, 0) is 11.6 Å². The summed E-state index contributed by atoms with van der Waals surface area (Å²) in [6.07, 6.45) is -3.24. The van der Waals surface area contributed by atoms with Gasteiger partial charge in [0.25, 0.3) is 0 Å². The number of aromatic nitrogens is 3. The zero-order chi connectivity index (χ0) is 15.0. The summed E-state index contributed by atoms with van der Waals surface area (Å²) in [6.45, 7) is 0.0425. The molecule has 3 rings (SSSR count). The second-order valence-corrected chi connectivity index (χ2v) is 4.94. The fourth-order valence-electron chi connectivity index (χ4n) is 2.12. The van der Waals surface area contributed by atoms with E-state index in [0.717, 1.165) is 10.1 Å². The number of hydrogen-bond acceptors (Lipinski definition) is 2. The largest absolute Gasteiger partial charge is 0.449 e. The highest BCUT2D eigenvalue weighted by atomic mass is 35.5. The van der Waals surface area contributed by atoms with E-state index in [1.54, 1.807) is 30.3 Å². The van der Waals surface area contributed by atoms with E-state index in [2.05, 4.69) is 9.97 Å². The number of rotatable bonds is 2. The molecule has 3 aromatic rings. The Bertz CT molecular complexity index is 781. The normalized spacial score (nSPS) is 12.0. The molecule has 0 saturated heterocycles. The molecule has 0 atom stereocenters. The van der Waals surface area contributed by atoms with E-state index in [0.29, 0.717) is 0 Å². The van der Waals surface area contributed by atoms with Gasteiger partial charge in [0, 0.05) is 6.20 Å². The quantitative estimate of drug-likeness (QED) is 0.711. The van der Waals surface area contributed by atoms with Crippen LogP contribution in [0.15, 0.2) is 42.6 Å². The highest BCUT2D eigenvalue weighted by Crippen LogP contribution is 2.32. The van der Waals surface area contributed by atoms with Crippen LogP contribution in [0.2, 0.25) is 5.02 Å². The average Bonchev–Trinajstić information content (AvgIpc) is 2.78. The standard InChI is InChI=1S/C14H9ClF3N3/c15-10-6-11-12(19-7-10)21(13(20-11)14(16,17)18)8-9-4-2-1-3-5-9/h1-7H,8H2. The Morgan fingerprint density at radius 1 is 1.14 bits per heavy atom. The van der Waals surface area contributed by atoms with Gasteiger partial charge < -0.3 is 4.57 Å². The Morgan fingerprint density at radius 2 is 1.86 bits per heavy atom. The molecule has 0 aliphatic carbocycles. The van der Waals surface area contributed by atoms with Gasteiger partial charge in [-0.15, -0.1) is 0 Å². The van der Waals surface area contributed by atoms with E-state index in [4.69, 9.17) is 11.6 Å². The first-order valence-electron chi connectivity index (χ1n) is 6.08. The lowest BCUT2D eigenvalue weighted by atomic mass is 10.2. The number of benzene rings is 1.